The lowest BCUT2D eigenvalue weighted by Gasteiger charge is -2.44. The van der Waals surface area contributed by atoms with Crippen molar-refractivity contribution in [3.63, 3.8) is 0 Å². The highest BCUT2D eigenvalue weighted by atomic mass is 19.4. The van der Waals surface area contributed by atoms with Crippen LogP contribution in [0.4, 0.5) is 79.0 Å². The first-order chi connectivity index (χ1) is 27.5. The molecule has 4 aliphatic rings. The van der Waals surface area contributed by atoms with Crippen LogP contribution in [0.25, 0.3) is 0 Å². The number of aliphatic hydroxyl groups is 2. The predicted molar refractivity (Wildman–Crippen MR) is 190 cm³/mol. The van der Waals surface area contributed by atoms with Crippen molar-refractivity contribution in [2.24, 2.45) is 65.1 Å². The molecule has 0 aromatic rings. The van der Waals surface area contributed by atoms with Crippen molar-refractivity contribution in [2.45, 2.75) is 173 Å². The van der Waals surface area contributed by atoms with E-state index in [4.69, 9.17) is 9.84 Å². The molecule has 4 bridgehead atoms. The monoisotopic (exact) mass is 946 g/mol. The van der Waals surface area contributed by atoms with Gasteiger partial charge in [0.1, 0.15) is 0 Å². The van der Waals surface area contributed by atoms with Crippen LogP contribution in [0.1, 0.15) is 114 Å². The van der Waals surface area contributed by atoms with Gasteiger partial charge in [0.05, 0.1) is 18.8 Å². The van der Waals surface area contributed by atoms with Crippen LogP contribution in [0.15, 0.2) is 0 Å². The molecule has 0 aliphatic heterocycles. The van der Waals surface area contributed by atoms with E-state index in [1.54, 1.807) is 0 Å². The third kappa shape index (κ3) is 11.7. The van der Waals surface area contributed by atoms with Crippen LogP contribution < -0.4 is 0 Å². The summed E-state index contributed by atoms with van der Waals surface area (Å²) in [6, 6.07) is 0. The molecule has 0 aromatic heterocycles. The molecule has 4 saturated carbocycles. The van der Waals surface area contributed by atoms with Crippen LogP contribution >= 0.6 is 0 Å². The summed E-state index contributed by atoms with van der Waals surface area (Å²) in [6.07, 6.45) is -34.7. The van der Waals surface area contributed by atoms with E-state index < -0.39 is 110 Å². The Morgan fingerprint density at radius 2 is 0.887 bits per heavy atom. The van der Waals surface area contributed by atoms with Gasteiger partial charge in [0, 0.05) is 0 Å². The Morgan fingerprint density at radius 3 is 1.15 bits per heavy atom. The van der Waals surface area contributed by atoms with Gasteiger partial charge < -0.3 is 19.7 Å². The van der Waals surface area contributed by atoms with Crippen LogP contribution in [-0.2, 0) is 9.47 Å². The minimum Gasteiger partial charge on any atom is -0.394 e. The van der Waals surface area contributed by atoms with Gasteiger partial charge in [0.25, 0.3) is 16.8 Å². The van der Waals surface area contributed by atoms with Gasteiger partial charge in [-0.25, -0.2) is 0 Å². The fourth-order valence-electron chi connectivity index (χ4n) is 10.3. The molecule has 0 saturated heterocycles. The highest BCUT2D eigenvalue weighted by Crippen LogP contribution is 2.62. The van der Waals surface area contributed by atoms with Crippen LogP contribution in [0.5, 0.6) is 0 Å². The lowest BCUT2D eigenvalue weighted by atomic mass is 9.71. The third-order valence-electron chi connectivity index (χ3n) is 14.2. The number of hydrogen-bond donors (Lipinski definition) is 2. The SMILES string of the molecule is CC1C2CC(CC(O)(C(F)(F)F)C(F)(F)F)C(C2)C1C.CC1C2CC(CC(OC(C)(C)C)(C(F)(F)F)C(F)(F)F)C(C2)C1C.CCC(C)CC(OCCO)(C(F)(F)F)C(F)(F)F. The first kappa shape index (κ1) is 56.7. The fourth-order valence-corrected chi connectivity index (χ4v) is 10.3. The average Bonchev–Trinajstić information content (AvgIpc) is 3.81. The van der Waals surface area contributed by atoms with Crippen molar-refractivity contribution < 1.29 is 98.7 Å². The zero-order valence-electron chi connectivity index (χ0n) is 35.9. The minimum atomic E-state index is -5.69. The number of halogens is 18. The van der Waals surface area contributed by atoms with E-state index in [-0.39, 0.29) is 41.9 Å². The second kappa shape index (κ2) is 19.1. The molecular formula is C40H60F18O4. The summed E-state index contributed by atoms with van der Waals surface area (Å²) in [5.74, 6) is -0.981. The van der Waals surface area contributed by atoms with E-state index >= 15 is 0 Å². The third-order valence-corrected chi connectivity index (χ3v) is 14.2. The molecule has 0 spiro atoms. The highest BCUT2D eigenvalue weighted by molar-refractivity contribution is 5.06. The molecule has 11 atom stereocenters. The quantitative estimate of drug-likeness (QED) is 0.203. The Kier molecular flexibility index (Phi) is 17.4. The molecule has 0 radical (unpaired) electrons. The predicted octanol–water partition coefficient (Wildman–Crippen LogP) is 13.4. The number of fused-ring (bicyclic) bond motifs is 4. The topological polar surface area (TPSA) is 58.9 Å². The molecule has 11 unspecified atom stereocenters. The smallest absolute Gasteiger partial charge is 0.394 e. The molecule has 4 aliphatic carbocycles. The molecule has 4 rings (SSSR count). The number of ether oxygens (including phenoxy) is 2. The van der Waals surface area contributed by atoms with Crippen molar-refractivity contribution in [2.75, 3.05) is 13.2 Å². The molecule has 2 N–H and O–H groups in total. The van der Waals surface area contributed by atoms with Crippen LogP contribution in [0.2, 0.25) is 0 Å². The standard InChI is InChI=1S/C17H26F6O.C13H18F6O.C10H16F6O2/c1-9-10(2)13-7-11(9)6-12(13)8-15(16(18,19)20,17(21,22)23)24-14(3,4)5;1-6-7(2)10-4-8(6)3-9(10)5-11(20,12(14,15)16)13(17,18)19;1-3-7(2)6-8(9(11,12)13,10(14,15)16)18-5-4-17/h9-13H,6-8H2,1-5H3;6-10,20H,3-5H2,1-2H3;7,17H,3-6H2,1-2H3. The van der Waals surface area contributed by atoms with Gasteiger partial charge in [-0.1, -0.05) is 48.0 Å². The Balaban J connectivity index is 0.000000324. The van der Waals surface area contributed by atoms with Gasteiger partial charge in [-0.3, -0.25) is 0 Å². The van der Waals surface area contributed by atoms with E-state index in [9.17, 15) is 84.1 Å². The summed E-state index contributed by atoms with van der Waals surface area (Å²) in [5, 5.41) is 17.7. The maximum absolute atomic E-state index is 13.6. The number of rotatable bonds is 11. The number of alkyl halides is 18. The normalized spacial score (nSPS) is 30.5. The molecule has 0 amide bonds. The fraction of sp³-hybridized carbons (Fsp3) is 1.00. The summed E-state index contributed by atoms with van der Waals surface area (Å²) < 4.78 is 243. The Morgan fingerprint density at radius 1 is 0.532 bits per heavy atom. The van der Waals surface area contributed by atoms with Crippen molar-refractivity contribution in [1.82, 2.24) is 0 Å². The summed E-state index contributed by atoms with van der Waals surface area (Å²) in [5.41, 5.74) is -14.5. The van der Waals surface area contributed by atoms with E-state index in [0.29, 0.717) is 31.1 Å². The van der Waals surface area contributed by atoms with Crippen molar-refractivity contribution in [3.8, 4) is 0 Å². The van der Waals surface area contributed by atoms with E-state index in [0.717, 1.165) is 6.42 Å². The van der Waals surface area contributed by atoms with E-state index in [2.05, 4.69) is 4.74 Å². The van der Waals surface area contributed by atoms with Gasteiger partial charge in [0.2, 0.25) is 0 Å². The molecule has 370 valence electrons. The second-order valence-corrected chi connectivity index (χ2v) is 19.2. The van der Waals surface area contributed by atoms with Crippen LogP contribution in [0, 0.1) is 65.1 Å². The van der Waals surface area contributed by atoms with Gasteiger partial charge in [-0.2, -0.15) is 79.0 Å². The van der Waals surface area contributed by atoms with Crippen LogP contribution in [-0.4, -0.2) is 82.9 Å². The van der Waals surface area contributed by atoms with Crippen molar-refractivity contribution in [1.29, 1.82) is 0 Å². The lowest BCUT2D eigenvalue weighted by molar-refractivity contribution is -0.404. The maximum Gasteiger partial charge on any atom is 0.426 e. The Labute approximate surface area is 350 Å². The molecule has 0 aromatic carbocycles. The van der Waals surface area contributed by atoms with Gasteiger partial charge in [-0.15, -0.1) is 0 Å². The largest absolute Gasteiger partial charge is 0.426 e. The zero-order valence-corrected chi connectivity index (χ0v) is 35.9. The second-order valence-electron chi connectivity index (χ2n) is 19.2. The van der Waals surface area contributed by atoms with Crippen molar-refractivity contribution in [3.05, 3.63) is 0 Å². The Hall–Kier alpha value is -1.42. The molecule has 62 heavy (non-hydrogen) atoms. The van der Waals surface area contributed by atoms with Gasteiger partial charge in [-0.05, 0) is 131 Å². The summed E-state index contributed by atoms with van der Waals surface area (Å²) in [4.78, 5) is 0. The van der Waals surface area contributed by atoms with Crippen molar-refractivity contribution >= 4 is 0 Å². The van der Waals surface area contributed by atoms with E-state index in [1.165, 1.54) is 34.6 Å². The number of aliphatic hydroxyl groups excluding tert-OH is 1. The summed E-state index contributed by atoms with van der Waals surface area (Å²) in [7, 11) is 0. The highest BCUT2D eigenvalue weighted by Gasteiger charge is 2.75. The molecule has 4 nitrogen and oxygen atoms in total. The van der Waals surface area contributed by atoms with Gasteiger partial charge >= 0.3 is 37.1 Å². The minimum absolute atomic E-state index is 0.0855. The summed E-state index contributed by atoms with van der Waals surface area (Å²) in [6.45, 7) is 12.4. The first-order valence-corrected chi connectivity index (χ1v) is 20.6. The summed E-state index contributed by atoms with van der Waals surface area (Å²) >= 11 is 0. The maximum atomic E-state index is 13.6. The molecule has 0 heterocycles. The van der Waals surface area contributed by atoms with E-state index in [1.807, 2.05) is 27.7 Å². The zero-order chi connectivity index (χ0) is 48.8. The molecule has 4 fully saturated rings. The molecular weight excluding hydrogens is 886 g/mol. The Bertz CT molecular complexity index is 1360. The number of hydrogen-bond acceptors (Lipinski definition) is 4. The van der Waals surface area contributed by atoms with Crippen LogP contribution in [0.3, 0.4) is 0 Å². The van der Waals surface area contributed by atoms with Gasteiger partial charge in [0.15, 0.2) is 0 Å². The average molecular weight is 947 g/mol. The lowest BCUT2D eigenvalue weighted by Crippen LogP contribution is -2.62. The first-order valence-electron chi connectivity index (χ1n) is 20.6. The molecule has 22 heteroatoms.